The van der Waals surface area contributed by atoms with Gasteiger partial charge in [-0.3, -0.25) is 4.79 Å². The molecule has 0 aliphatic heterocycles. The third kappa shape index (κ3) is 3.70. The van der Waals surface area contributed by atoms with Crippen molar-refractivity contribution in [2.75, 3.05) is 40.0 Å². The van der Waals surface area contributed by atoms with Crippen molar-refractivity contribution < 1.29 is 9.18 Å². The summed E-state index contributed by atoms with van der Waals surface area (Å²) in [7, 11) is 5.65. The maximum atomic E-state index is 13.3. The average molecular weight is 253 g/mol. The van der Waals surface area contributed by atoms with E-state index in [1.54, 1.807) is 18.0 Å². The number of nitrogen functional groups attached to an aromatic ring is 1. The minimum absolute atomic E-state index is 0.0815. The van der Waals surface area contributed by atoms with Gasteiger partial charge in [0.25, 0.3) is 5.91 Å². The molecule has 0 unspecified atom stereocenters. The second-order valence-electron chi connectivity index (χ2n) is 4.58. The van der Waals surface area contributed by atoms with Crippen LogP contribution in [0.5, 0.6) is 0 Å². The summed E-state index contributed by atoms with van der Waals surface area (Å²) in [6.07, 6.45) is 0.866. The van der Waals surface area contributed by atoms with Crippen molar-refractivity contribution in [2.24, 2.45) is 0 Å². The molecule has 1 rings (SSSR count). The quantitative estimate of drug-likeness (QED) is 0.808. The van der Waals surface area contributed by atoms with Crippen molar-refractivity contribution in [3.63, 3.8) is 0 Å². The molecule has 0 fully saturated rings. The number of rotatable bonds is 5. The van der Waals surface area contributed by atoms with Gasteiger partial charge < -0.3 is 15.5 Å². The third-order valence-electron chi connectivity index (χ3n) is 2.73. The molecule has 0 spiro atoms. The van der Waals surface area contributed by atoms with Gasteiger partial charge in [0.05, 0.1) is 11.3 Å². The van der Waals surface area contributed by atoms with Crippen LogP contribution in [0, 0.1) is 5.82 Å². The normalized spacial score (nSPS) is 10.7. The lowest BCUT2D eigenvalue weighted by molar-refractivity contribution is 0.0791. The zero-order valence-electron chi connectivity index (χ0n) is 11.1. The first-order chi connectivity index (χ1) is 8.43. The average Bonchev–Trinajstić information content (AvgIpc) is 2.31. The minimum Gasteiger partial charge on any atom is -0.396 e. The number of amides is 1. The Bertz CT molecular complexity index is 421. The Labute approximate surface area is 107 Å². The summed E-state index contributed by atoms with van der Waals surface area (Å²) in [6.45, 7) is 1.52. The minimum atomic E-state index is -0.553. The lowest BCUT2D eigenvalue weighted by Gasteiger charge is -2.19. The highest BCUT2D eigenvalue weighted by molar-refractivity contribution is 5.99. The van der Waals surface area contributed by atoms with E-state index in [1.807, 2.05) is 14.1 Å². The van der Waals surface area contributed by atoms with Crippen molar-refractivity contribution in [2.45, 2.75) is 6.42 Å². The molecule has 0 saturated carbocycles. The molecule has 100 valence electrons. The summed E-state index contributed by atoms with van der Waals surface area (Å²) in [5.41, 5.74) is 5.71. The fourth-order valence-electron chi connectivity index (χ4n) is 1.65. The molecule has 0 atom stereocenters. The molecule has 0 radical (unpaired) electrons. The van der Waals surface area contributed by atoms with Crippen LogP contribution in [0.15, 0.2) is 18.2 Å². The third-order valence-corrected chi connectivity index (χ3v) is 2.73. The van der Waals surface area contributed by atoms with E-state index < -0.39 is 5.82 Å². The molecule has 0 aliphatic rings. The maximum Gasteiger partial charge on any atom is 0.255 e. The van der Waals surface area contributed by atoms with E-state index >= 15 is 0 Å². The Morgan fingerprint density at radius 2 is 1.94 bits per heavy atom. The molecule has 0 heterocycles. The first kappa shape index (κ1) is 14.4. The van der Waals surface area contributed by atoms with E-state index in [0.29, 0.717) is 6.54 Å². The number of nitrogens with two attached hydrogens (primary N) is 1. The fourth-order valence-corrected chi connectivity index (χ4v) is 1.65. The number of halogens is 1. The van der Waals surface area contributed by atoms with Gasteiger partial charge in [-0.15, -0.1) is 0 Å². The number of para-hydroxylation sites is 1. The number of hydrogen-bond acceptors (Lipinski definition) is 3. The van der Waals surface area contributed by atoms with Gasteiger partial charge in [0.1, 0.15) is 5.82 Å². The number of benzene rings is 1. The molecule has 5 heteroatoms. The highest BCUT2D eigenvalue weighted by Crippen LogP contribution is 2.17. The Kier molecular flexibility index (Phi) is 5.09. The van der Waals surface area contributed by atoms with Crippen LogP contribution in [0.4, 0.5) is 10.1 Å². The van der Waals surface area contributed by atoms with Gasteiger partial charge in [-0.1, -0.05) is 6.07 Å². The van der Waals surface area contributed by atoms with E-state index in [4.69, 9.17) is 5.73 Å². The summed E-state index contributed by atoms with van der Waals surface area (Å²) in [5, 5.41) is 0. The molecule has 1 amide bonds. The molecular formula is C13H20FN3O. The van der Waals surface area contributed by atoms with Crippen molar-refractivity contribution >= 4 is 11.6 Å². The van der Waals surface area contributed by atoms with Crippen molar-refractivity contribution in [1.29, 1.82) is 0 Å². The molecule has 1 aromatic carbocycles. The summed E-state index contributed by atoms with van der Waals surface area (Å²) < 4.78 is 13.3. The van der Waals surface area contributed by atoms with Crippen LogP contribution in [0.1, 0.15) is 16.8 Å². The van der Waals surface area contributed by atoms with Crippen LogP contribution in [0.2, 0.25) is 0 Å². The van der Waals surface area contributed by atoms with Crippen LogP contribution >= 0.6 is 0 Å². The largest absolute Gasteiger partial charge is 0.396 e. The molecule has 1 aromatic rings. The second-order valence-corrected chi connectivity index (χ2v) is 4.58. The predicted molar refractivity (Wildman–Crippen MR) is 70.9 cm³/mol. The highest BCUT2D eigenvalue weighted by atomic mass is 19.1. The van der Waals surface area contributed by atoms with E-state index in [-0.39, 0.29) is 17.2 Å². The SMILES string of the molecule is CN(C)CCCN(C)C(=O)c1cccc(F)c1N. The zero-order valence-corrected chi connectivity index (χ0v) is 11.1. The first-order valence-electron chi connectivity index (χ1n) is 5.87. The summed E-state index contributed by atoms with van der Waals surface area (Å²) in [6, 6.07) is 4.29. The van der Waals surface area contributed by atoms with Crippen molar-refractivity contribution in [3.8, 4) is 0 Å². The number of anilines is 1. The molecule has 0 aromatic heterocycles. The van der Waals surface area contributed by atoms with Crippen LogP contribution in [-0.2, 0) is 0 Å². The van der Waals surface area contributed by atoms with Gasteiger partial charge in [-0.2, -0.15) is 0 Å². The van der Waals surface area contributed by atoms with Crippen molar-refractivity contribution in [3.05, 3.63) is 29.6 Å². The number of carbonyl (C=O) groups excluding carboxylic acids is 1. The number of hydrogen-bond donors (Lipinski definition) is 1. The molecular weight excluding hydrogens is 233 g/mol. The molecule has 2 N–H and O–H groups in total. The summed E-state index contributed by atoms with van der Waals surface area (Å²) in [4.78, 5) is 15.7. The smallest absolute Gasteiger partial charge is 0.255 e. The van der Waals surface area contributed by atoms with Gasteiger partial charge in [-0.25, -0.2) is 4.39 Å². The predicted octanol–water partition coefficient (Wildman–Crippen LogP) is 1.43. The van der Waals surface area contributed by atoms with Gasteiger partial charge in [0, 0.05) is 13.6 Å². The summed E-state index contributed by atoms with van der Waals surface area (Å²) >= 11 is 0. The Balaban J connectivity index is 2.66. The lowest BCUT2D eigenvalue weighted by atomic mass is 10.1. The van der Waals surface area contributed by atoms with Gasteiger partial charge in [0.15, 0.2) is 0 Å². The molecule has 0 saturated heterocycles. The van der Waals surface area contributed by atoms with Crippen LogP contribution in [0.3, 0.4) is 0 Å². The van der Waals surface area contributed by atoms with Gasteiger partial charge >= 0.3 is 0 Å². The number of carbonyl (C=O) groups is 1. The van der Waals surface area contributed by atoms with E-state index in [0.717, 1.165) is 13.0 Å². The number of nitrogens with zero attached hydrogens (tertiary/aromatic N) is 2. The Morgan fingerprint density at radius 1 is 1.28 bits per heavy atom. The standard InChI is InChI=1S/C13H20FN3O/c1-16(2)8-5-9-17(3)13(18)10-6-4-7-11(14)12(10)15/h4,6-7H,5,8-9,15H2,1-3H3. The van der Waals surface area contributed by atoms with Crippen LogP contribution in [-0.4, -0.2) is 49.9 Å². The summed E-state index contributed by atoms with van der Waals surface area (Å²) in [5.74, 6) is -0.798. The highest BCUT2D eigenvalue weighted by Gasteiger charge is 2.16. The van der Waals surface area contributed by atoms with Crippen LogP contribution in [0.25, 0.3) is 0 Å². The molecule has 0 bridgehead atoms. The topological polar surface area (TPSA) is 49.6 Å². The van der Waals surface area contributed by atoms with Crippen LogP contribution < -0.4 is 5.73 Å². The zero-order chi connectivity index (χ0) is 13.7. The monoisotopic (exact) mass is 253 g/mol. The van der Waals surface area contributed by atoms with E-state index in [1.165, 1.54) is 12.1 Å². The van der Waals surface area contributed by atoms with Gasteiger partial charge in [-0.05, 0) is 39.2 Å². The lowest BCUT2D eigenvalue weighted by Crippen LogP contribution is -2.30. The molecule has 4 nitrogen and oxygen atoms in total. The van der Waals surface area contributed by atoms with Gasteiger partial charge in [0.2, 0.25) is 0 Å². The van der Waals surface area contributed by atoms with E-state index in [9.17, 15) is 9.18 Å². The Hall–Kier alpha value is -1.62. The molecule has 0 aliphatic carbocycles. The van der Waals surface area contributed by atoms with Crippen molar-refractivity contribution in [1.82, 2.24) is 9.80 Å². The maximum absolute atomic E-state index is 13.3. The first-order valence-corrected chi connectivity index (χ1v) is 5.87. The van der Waals surface area contributed by atoms with E-state index in [2.05, 4.69) is 4.90 Å². The second kappa shape index (κ2) is 6.35. The fraction of sp³-hybridized carbons (Fsp3) is 0.462. The Morgan fingerprint density at radius 3 is 2.56 bits per heavy atom. The molecule has 18 heavy (non-hydrogen) atoms.